The molecule has 1 aliphatic heterocycles. The van der Waals surface area contributed by atoms with Crippen molar-refractivity contribution in [2.75, 3.05) is 7.05 Å². The van der Waals surface area contributed by atoms with Crippen LogP contribution in [0.15, 0.2) is 48.5 Å². The number of alkyl halides is 3. The molecule has 0 aromatic heterocycles. The number of likely N-dealkylation sites (tertiary alicyclic amines) is 1. The number of hydrogen-bond acceptors (Lipinski definition) is 3. The van der Waals surface area contributed by atoms with E-state index in [2.05, 4.69) is 5.32 Å². The molecule has 3 aliphatic carbocycles. The standard InChI is InChI=1S/C23H19F3N2O3/c1-11(27-21(31)23(24,25)26)22-14-9-5-3-7-12(14)16(13-8-4-6-10-15(13)22)17-18(22)20(30)28(2)19(17)29/h3-11,16-18H,1-2H3,(H,27,31)/t11?,16?,17-,18+,22?/m0/s1. The molecule has 0 radical (unpaired) electrons. The Balaban J connectivity index is 1.83. The highest BCUT2D eigenvalue weighted by atomic mass is 19.4. The Morgan fingerprint density at radius 3 is 2.03 bits per heavy atom. The van der Waals surface area contributed by atoms with Gasteiger partial charge in [-0.15, -0.1) is 0 Å². The van der Waals surface area contributed by atoms with Crippen molar-refractivity contribution in [3.63, 3.8) is 0 Å². The van der Waals surface area contributed by atoms with Crippen LogP contribution in [0.2, 0.25) is 0 Å². The average molecular weight is 428 g/mol. The summed E-state index contributed by atoms with van der Waals surface area (Å²) in [6.45, 7) is 1.48. The maximum atomic E-state index is 13.3. The molecular weight excluding hydrogens is 409 g/mol. The quantitative estimate of drug-likeness (QED) is 0.749. The summed E-state index contributed by atoms with van der Waals surface area (Å²) < 4.78 is 39.4. The van der Waals surface area contributed by atoms with Gasteiger partial charge in [0.2, 0.25) is 11.8 Å². The fraction of sp³-hybridized carbons (Fsp3) is 0.348. The SMILES string of the molecule is CC(NC(=O)C(F)(F)F)C12c3ccccc3C(c3ccccc31)[C@@H]1C(=O)N(C)C(=O)[C@@H]12. The summed E-state index contributed by atoms with van der Waals surface area (Å²) in [5.74, 6) is -4.85. The van der Waals surface area contributed by atoms with Gasteiger partial charge >= 0.3 is 12.1 Å². The Morgan fingerprint density at radius 1 is 1.00 bits per heavy atom. The highest BCUT2D eigenvalue weighted by Gasteiger charge is 2.69. The van der Waals surface area contributed by atoms with E-state index in [-0.39, 0.29) is 11.8 Å². The van der Waals surface area contributed by atoms with Crippen molar-refractivity contribution in [2.45, 2.75) is 30.5 Å². The first-order valence-corrected chi connectivity index (χ1v) is 9.99. The predicted octanol–water partition coefficient (Wildman–Crippen LogP) is 2.73. The molecule has 1 heterocycles. The molecule has 0 saturated carbocycles. The Labute approximate surface area is 176 Å². The molecule has 3 atom stereocenters. The molecule has 5 nitrogen and oxygen atoms in total. The normalized spacial score (nSPS) is 29.3. The van der Waals surface area contributed by atoms with E-state index >= 15 is 0 Å². The van der Waals surface area contributed by atoms with Crippen LogP contribution in [0.1, 0.15) is 35.1 Å². The fourth-order valence-corrected chi connectivity index (χ4v) is 6.10. The largest absolute Gasteiger partial charge is 0.471 e. The van der Waals surface area contributed by atoms with E-state index in [4.69, 9.17) is 0 Å². The number of rotatable bonds is 2. The van der Waals surface area contributed by atoms with Crippen LogP contribution in [0.4, 0.5) is 13.2 Å². The first kappa shape index (κ1) is 19.8. The zero-order valence-electron chi connectivity index (χ0n) is 16.7. The highest BCUT2D eigenvalue weighted by Crippen LogP contribution is 2.65. The molecule has 2 aromatic carbocycles. The molecule has 1 fully saturated rings. The van der Waals surface area contributed by atoms with Gasteiger partial charge in [0.15, 0.2) is 0 Å². The van der Waals surface area contributed by atoms with Gasteiger partial charge in [0, 0.05) is 19.0 Å². The number of carbonyl (C=O) groups excluding carboxylic acids is 3. The number of nitrogens with one attached hydrogen (secondary N) is 1. The van der Waals surface area contributed by atoms with Gasteiger partial charge in [-0.2, -0.15) is 13.2 Å². The first-order chi connectivity index (χ1) is 14.6. The lowest BCUT2D eigenvalue weighted by molar-refractivity contribution is -0.175. The third-order valence-electron chi connectivity index (χ3n) is 7.19. The number of hydrogen-bond donors (Lipinski definition) is 1. The van der Waals surface area contributed by atoms with E-state index in [1.165, 1.54) is 14.0 Å². The van der Waals surface area contributed by atoms with Crippen molar-refractivity contribution < 1.29 is 27.6 Å². The van der Waals surface area contributed by atoms with Crippen molar-refractivity contribution >= 4 is 17.7 Å². The van der Waals surface area contributed by atoms with Crippen molar-refractivity contribution in [3.8, 4) is 0 Å². The maximum absolute atomic E-state index is 13.3. The lowest BCUT2D eigenvalue weighted by Crippen LogP contribution is -2.63. The molecule has 8 heteroatoms. The summed E-state index contributed by atoms with van der Waals surface area (Å²) in [5.41, 5.74) is 1.70. The minimum atomic E-state index is -5.07. The van der Waals surface area contributed by atoms with Gasteiger partial charge in [-0.25, -0.2) is 0 Å². The van der Waals surface area contributed by atoms with Crippen molar-refractivity contribution in [1.82, 2.24) is 10.2 Å². The molecule has 2 aromatic rings. The van der Waals surface area contributed by atoms with Gasteiger partial charge in [0.25, 0.3) is 0 Å². The number of carbonyl (C=O) groups is 3. The molecule has 31 heavy (non-hydrogen) atoms. The zero-order valence-corrected chi connectivity index (χ0v) is 16.7. The molecular formula is C23H19F3N2O3. The summed E-state index contributed by atoms with van der Waals surface area (Å²) in [5, 5.41) is 2.10. The van der Waals surface area contributed by atoms with E-state index in [1.54, 1.807) is 24.3 Å². The molecule has 6 rings (SSSR count). The second-order valence-corrected chi connectivity index (χ2v) is 8.45. The molecule has 3 amide bonds. The van der Waals surface area contributed by atoms with Crippen LogP contribution in [-0.2, 0) is 19.8 Å². The summed E-state index contributed by atoms with van der Waals surface area (Å²) in [7, 11) is 1.41. The molecule has 160 valence electrons. The van der Waals surface area contributed by atoms with Crippen LogP contribution in [0.3, 0.4) is 0 Å². The predicted molar refractivity (Wildman–Crippen MR) is 104 cm³/mol. The van der Waals surface area contributed by atoms with E-state index < -0.39 is 41.3 Å². The van der Waals surface area contributed by atoms with Crippen LogP contribution in [0, 0.1) is 11.8 Å². The summed E-state index contributed by atoms with van der Waals surface area (Å²) in [6.07, 6.45) is -5.07. The number of nitrogens with zero attached hydrogens (tertiary/aromatic N) is 1. The minimum absolute atomic E-state index is 0.345. The fourth-order valence-electron chi connectivity index (χ4n) is 6.10. The summed E-state index contributed by atoms with van der Waals surface area (Å²) in [6, 6.07) is 13.4. The van der Waals surface area contributed by atoms with Crippen LogP contribution < -0.4 is 5.32 Å². The monoisotopic (exact) mass is 428 g/mol. The minimum Gasteiger partial charge on any atom is -0.345 e. The smallest absolute Gasteiger partial charge is 0.345 e. The molecule has 1 N–H and O–H groups in total. The molecule has 1 unspecified atom stereocenters. The number of imide groups is 1. The third kappa shape index (κ3) is 2.30. The Hall–Kier alpha value is -3.16. The van der Waals surface area contributed by atoms with Gasteiger partial charge in [-0.1, -0.05) is 48.5 Å². The number of benzene rings is 2. The lowest BCUT2D eigenvalue weighted by Gasteiger charge is -2.56. The van der Waals surface area contributed by atoms with E-state index in [9.17, 15) is 27.6 Å². The second-order valence-electron chi connectivity index (χ2n) is 8.45. The lowest BCUT2D eigenvalue weighted by atomic mass is 9.45. The van der Waals surface area contributed by atoms with E-state index in [0.29, 0.717) is 11.1 Å². The van der Waals surface area contributed by atoms with Crippen LogP contribution in [-0.4, -0.2) is 41.9 Å². The number of amides is 3. The van der Waals surface area contributed by atoms with Crippen LogP contribution >= 0.6 is 0 Å². The van der Waals surface area contributed by atoms with Crippen molar-refractivity contribution in [1.29, 1.82) is 0 Å². The van der Waals surface area contributed by atoms with Crippen LogP contribution in [0.5, 0.6) is 0 Å². The van der Waals surface area contributed by atoms with E-state index in [0.717, 1.165) is 16.0 Å². The average Bonchev–Trinajstić information content (AvgIpc) is 2.97. The van der Waals surface area contributed by atoms with Gasteiger partial charge in [0.1, 0.15) is 0 Å². The molecule has 4 aliphatic rings. The highest BCUT2D eigenvalue weighted by molar-refractivity contribution is 6.08. The second kappa shape index (κ2) is 6.18. The molecule has 2 bridgehead atoms. The Morgan fingerprint density at radius 2 is 1.52 bits per heavy atom. The zero-order chi connectivity index (χ0) is 22.3. The van der Waals surface area contributed by atoms with E-state index in [1.807, 2.05) is 24.3 Å². The summed E-state index contributed by atoms with van der Waals surface area (Å²) in [4.78, 5) is 39.5. The number of halogens is 3. The van der Waals surface area contributed by atoms with Gasteiger partial charge in [-0.05, 0) is 29.2 Å². The van der Waals surface area contributed by atoms with Gasteiger partial charge < -0.3 is 5.32 Å². The van der Waals surface area contributed by atoms with Crippen LogP contribution in [0.25, 0.3) is 0 Å². The topological polar surface area (TPSA) is 66.5 Å². The Kier molecular flexibility index (Phi) is 3.95. The Bertz CT molecular complexity index is 1100. The summed E-state index contributed by atoms with van der Waals surface area (Å²) >= 11 is 0. The van der Waals surface area contributed by atoms with Gasteiger partial charge in [-0.3, -0.25) is 19.3 Å². The molecule has 1 saturated heterocycles. The van der Waals surface area contributed by atoms with Crippen molar-refractivity contribution in [2.24, 2.45) is 11.8 Å². The first-order valence-electron chi connectivity index (χ1n) is 9.99. The maximum Gasteiger partial charge on any atom is 0.471 e. The molecule has 0 spiro atoms. The van der Waals surface area contributed by atoms with Gasteiger partial charge in [0.05, 0.1) is 17.3 Å². The van der Waals surface area contributed by atoms with Crippen molar-refractivity contribution in [3.05, 3.63) is 70.8 Å². The third-order valence-corrected chi connectivity index (χ3v) is 7.19.